The summed E-state index contributed by atoms with van der Waals surface area (Å²) < 4.78 is 10.8. The van der Waals surface area contributed by atoms with Gasteiger partial charge in [0.05, 0.1) is 12.2 Å². The zero-order valence-electron chi connectivity index (χ0n) is 15.5. The Labute approximate surface area is 145 Å². The molecule has 0 saturated carbocycles. The molecule has 0 spiro atoms. The van der Waals surface area contributed by atoms with Crippen molar-refractivity contribution in [2.24, 2.45) is 5.92 Å². The molecule has 0 aromatic heterocycles. The molecule has 0 amide bonds. The van der Waals surface area contributed by atoms with Crippen LogP contribution >= 0.6 is 0 Å². The number of carbonyl (C=O) groups is 1. The monoisotopic (exact) mass is 337 g/mol. The van der Waals surface area contributed by atoms with Gasteiger partial charge >= 0.3 is 5.97 Å². The van der Waals surface area contributed by atoms with Crippen molar-refractivity contribution in [3.8, 4) is 11.5 Å². The summed E-state index contributed by atoms with van der Waals surface area (Å²) in [6.07, 6.45) is 0.981. The zero-order chi connectivity index (χ0) is 18.1. The molecule has 1 atom stereocenters. The van der Waals surface area contributed by atoms with Gasteiger partial charge in [0.1, 0.15) is 6.61 Å². The molecule has 0 fully saturated rings. The van der Waals surface area contributed by atoms with E-state index in [2.05, 4.69) is 32.6 Å². The maximum absolute atomic E-state index is 12.3. The molecule has 1 aromatic carbocycles. The number of benzene rings is 1. The molecule has 1 aromatic rings. The maximum Gasteiger partial charge on any atom is 0.338 e. The first kappa shape index (κ1) is 20.3. The lowest BCUT2D eigenvalue weighted by atomic mass is 10.0. The van der Waals surface area contributed by atoms with Crippen molar-refractivity contribution in [2.45, 2.75) is 47.1 Å². The molecule has 5 nitrogen and oxygen atoms in total. The van der Waals surface area contributed by atoms with Crippen LogP contribution < -0.4 is 4.74 Å². The van der Waals surface area contributed by atoms with Gasteiger partial charge in [-0.2, -0.15) is 0 Å². The molecule has 24 heavy (non-hydrogen) atoms. The van der Waals surface area contributed by atoms with E-state index >= 15 is 0 Å². The number of aromatic hydroxyl groups is 1. The van der Waals surface area contributed by atoms with E-state index in [-0.39, 0.29) is 11.8 Å². The third-order valence-corrected chi connectivity index (χ3v) is 3.97. The van der Waals surface area contributed by atoms with Gasteiger partial charge in [-0.3, -0.25) is 4.90 Å². The molecule has 0 aliphatic rings. The van der Waals surface area contributed by atoms with Gasteiger partial charge in [0.15, 0.2) is 11.5 Å². The molecule has 1 N–H and O–H groups in total. The van der Waals surface area contributed by atoms with Crippen molar-refractivity contribution in [1.29, 1.82) is 0 Å². The number of rotatable bonds is 10. The van der Waals surface area contributed by atoms with Crippen LogP contribution in [0.2, 0.25) is 0 Å². The first-order chi connectivity index (χ1) is 11.4. The molecule has 0 heterocycles. The van der Waals surface area contributed by atoms with Crippen LogP contribution in [0.15, 0.2) is 18.2 Å². The molecule has 0 radical (unpaired) electrons. The molecule has 0 aliphatic carbocycles. The van der Waals surface area contributed by atoms with E-state index in [4.69, 9.17) is 9.47 Å². The highest BCUT2D eigenvalue weighted by atomic mass is 16.5. The topological polar surface area (TPSA) is 59.0 Å². The lowest BCUT2D eigenvalue weighted by Crippen LogP contribution is -2.40. The van der Waals surface area contributed by atoms with E-state index in [1.165, 1.54) is 12.1 Å². The van der Waals surface area contributed by atoms with Gasteiger partial charge < -0.3 is 14.6 Å². The number of hydrogen-bond acceptors (Lipinski definition) is 5. The molecule has 0 unspecified atom stereocenters. The molecule has 0 bridgehead atoms. The largest absolute Gasteiger partial charge is 0.504 e. The molecule has 5 heteroatoms. The Balaban J connectivity index is 2.76. The van der Waals surface area contributed by atoms with Crippen LogP contribution in [0.1, 0.15) is 51.4 Å². The van der Waals surface area contributed by atoms with Crippen LogP contribution in [-0.4, -0.2) is 48.3 Å². The Bertz CT molecular complexity index is 512. The fourth-order valence-corrected chi connectivity index (χ4v) is 2.77. The Morgan fingerprint density at radius 3 is 2.42 bits per heavy atom. The smallest absolute Gasteiger partial charge is 0.338 e. The van der Waals surface area contributed by atoms with Gasteiger partial charge in [0.2, 0.25) is 0 Å². The van der Waals surface area contributed by atoms with Gasteiger partial charge in [-0.05, 0) is 50.6 Å². The van der Waals surface area contributed by atoms with Crippen LogP contribution in [0.4, 0.5) is 0 Å². The predicted molar refractivity (Wildman–Crippen MR) is 95.7 cm³/mol. The Kier molecular flexibility index (Phi) is 8.61. The van der Waals surface area contributed by atoms with Gasteiger partial charge in [0, 0.05) is 6.04 Å². The van der Waals surface area contributed by atoms with Crippen molar-refractivity contribution < 1.29 is 19.4 Å². The van der Waals surface area contributed by atoms with E-state index in [9.17, 15) is 9.90 Å². The number of esters is 1. The summed E-state index contributed by atoms with van der Waals surface area (Å²) in [7, 11) is 0. The molecular weight excluding hydrogens is 306 g/mol. The number of nitrogens with zero attached hydrogens (tertiary/aromatic N) is 1. The summed E-state index contributed by atoms with van der Waals surface area (Å²) in [6, 6.07) is 4.75. The number of ether oxygens (including phenoxy) is 2. The SMILES string of the molecule is CCOc1cc(C(=O)OC[C@H](CC(C)C)N(CC)CC)ccc1O. The van der Waals surface area contributed by atoms with Crippen molar-refractivity contribution in [1.82, 2.24) is 4.90 Å². The summed E-state index contributed by atoms with van der Waals surface area (Å²) >= 11 is 0. The lowest BCUT2D eigenvalue weighted by molar-refractivity contribution is 0.0330. The van der Waals surface area contributed by atoms with Gasteiger partial charge in [-0.25, -0.2) is 4.79 Å². The van der Waals surface area contributed by atoms with Gasteiger partial charge in [0.25, 0.3) is 0 Å². The van der Waals surface area contributed by atoms with Crippen LogP contribution in [0.5, 0.6) is 11.5 Å². The molecule has 0 saturated heterocycles. The van der Waals surface area contributed by atoms with Crippen molar-refractivity contribution in [3.05, 3.63) is 23.8 Å². The Morgan fingerprint density at radius 1 is 1.21 bits per heavy atom. The fourth-order valence-electron chi connectivity index (χ4n) is 2.77. The minimum atomic E-state index is -0.392. The van der Waals surface area contributed by atoms with E-state index in [0.29, 0.717) is 30.4 Å². The fraction of sp³-hybridized carbons (Fsp3) is 0.632. The second kappa shape index (κ2) is 10.2. The molecule has 1 rings (SSSR count). The number of phenols is 1. The first-order valence-corrected chi connectivity index (χ1v) is 8.79. The van der Waals surface area contributed by atoms with Crippen molar-refractivity contribution in [2.75, 3.05) is 26.3 Å². The second-order valence-corrected chi connectivity index (χ2v) is 6.22. The highest BCUT2D eigenvalue weighted by Crippen LogP contribution is 2.27. The maximum atomic E-state index is 12.3. The summed E-state index contributed by atoms with van der Waals surface area (Å²) in [5.74, 6) is 0.466. The average Bonchev–Trinajstić information content (AvgIpc) is 2.55. The van der Waals surface area contributed by atoms with Crippen LogP contribution in [-0.2, 0) is 4.74 Å². The van der Waals surface area contributed by atoms with Crippen LogP contribution in [0.3, 0.4) is 0 Å². The Hall–Kier alpha value is -1.75. The molecular formula is C19H31NO4. The minimum Gasteiger partial charge on any atom is -0.504 e. The van der Waals surface area contributed by atoms with E-state index in [0.717, 1.165) is 19.5 Å². The minimum absolute atomic E-state index is 0.0224. The quantitative estimate of drug-likeness (QED) is 0.660. The summed E-state index contributed by atoms with van der Waals surface area (Å²) in [5.41, 5.74) is 0.388. The highest BCUT2D eigenvalue weighted by molar-refractivity contribution is 5.90. The third kappa shape index (κ3) is 6.04. The van der Waals surface area contributed by atoms with Crippen LogP contribution in [0, 0.1) is 5.92 Å². The summed E-state index contributed by atoms with van der Waals surface area (Å²) in [4.78, 5) is 14.6. The van der Waals surface area contributed by atoms with E-state index < -0.39 is 5.97 Å². The van der Waals surface area contributed by atoms with Crippen molar-refractivity contribution in [3.63, 3.8) is 0 Å². The summed E-state index contributed by atoms with van der Waals surface area (Å²) in [5, 5.41) is 9.72. The lowest BCUT2D eigenvalue weighted by Gasteiger charge is -2.30. The average molecular weight is 337 g/mol. The second-order valence-electron chi connectivity index (χ2n) is 6.22. The first-order valence-electron chi connectivity index (χ1n) is 8.79. The van der Waals surface area contributed by atoms with Crippen molar-refractivity contribution >= 4 is 5.97 Å². The third-order valence-electron chi connectivity index (χ3n) is 3.97. The van der Waals surface area contributed by atoms with Crippen LogP contribution in [0.25, 0.3) is 0 Å². The predicted octanol–water partition coefficient (Wildman–Crippen LogP) is 3.70. The van der Waals surface area contributed by atoms with E-state index in [1.54, 1.807) is 6.07 Å². The molecule has 0 aliphatic heterocycles. The van der Waals surface area contributed by atoms with Gasteiger partial charge in [-0.1, -0.05) is 27.7 Å². The zero-order valence-corrected chi connectivity index (χ0v) is 15.5. The number of likely N-dealkylation sites (N-methyl/N-ethyl adjacent to an activating group) is 1. The molecule has 136 valence electrons. The number of phenolic OH excluding ortho intramolecular Hbond substituents is 1. The van der Waals surface area contributed by atoms with Gasteiger partial charge in [-0.15, -0.1) is 0 Å². The summed E-state index contributed by atoms with van der Waals surface area (Å²) in [6.45, 7) is 13.1. The highest BCUT2D eigenvalue weighted by Gasteiger charge is 2.20. The Morgan fingerprint density at radius 2 is 1.88 bits per heavy atom. The number of carbonyl (C=O) groups excluding carboxylic acids is 1. The van der Waals surface area contributed by atoms with E-state index in [1.807, 2.05) is 6.92 Å². The normalized spacial score (nSPS) is 12.5. The standard InChI is InChI=1S/C19H31NO4/c1-6-20(7-2)16(11-14(4)5)13-24-19(22)15-9-10-17(21)18(12-15)23-8-3/h9-10,12,14,16,21H,6-8,11,13H2,1-5H3/t16-/m0/s1. The number of hydrogen-bond donors (Lipinski definition) is 1.